The van der Waals surface area contributed by atoms with E-state index in [0.717, 1.165) is 11.1 Å². The molecular weight excluding hydrogens is 246 g/mol. The van der Waals surface area contributed by atoms with Crippen molar-refractivity contribution in [2.75, 3.05) is 0 Å². The molecule has 2 aromatic rings. The van der Waals surface area contributed by atoms with Gasteiger partial charge < -0.3 is 5.32 Å². The molecule has 1 atom stereocenters. The van der Waals surface area contributed by atoms with E-state index < -0.39 is 0 Å². The lowest BCUT2D eigenvalue weighted by Crippen LogP contribution is -2.27. The molecule has 2 aromatic carbocycles. The molecule has 0 aliphatic heterocycles. The van der Waals surface area contributed by atoms with Gasteiger partial charge in [-0.3, -0.25) is 4.79 Å². The lowest BCUT2D eigenvalue weighted by molar-refractivity contribution is 0.0940. The van der Waals surface area contributed by atoms with Crippen molar-refractivity contribution in [3.8, 4) is 0 Å². The van der Waals surface area contributed by atoms with Crippen molar-refractivity contribution < 1.29 is 4.79 Å². The van der Waals surface area contributed by atoms with E-state index >= 15 is 0 Å². The van der Waals surface area contributed by atoms with Crippen molar-refractivity contribution in [2.45, 2.75) is 33.7 Å². The number of rotatable bonds is 3. The van der Waals surface area contributed by atoms with E-state index in [1.54, 1.807) is 0 Å². The van der Waals surface area contributed by atoms with E-state index in [4.69, 9.17) is 0 Å². The number of amides is 1. The van der Waals surface area contributed by atoms with Gasteiger partial charge in [-0.05, 0) is 51.0 Å². The highest BCUT2D eigenvalue weighted by Gasteiger charge is 2.12. The van der Waals surface area contributed by atoms with Crippen LogP contribution in [-0.4, -0.2) is 5.91 Å². The van der Waals surface area contributed by atoms with Gasteiger partial charge in [-0.15, -0.1) is 0 Å². The van der Waals surface area contributed by atoms with Crippen LogP contribution in [-0.2, 0) is 0 Å². The normalized spacial score (nSPS) is 12.0. The molecular formula is C18H21NO. The van der Waals surface area contributed by atoms with Crippen LogP contribution in [0.15, 0.2) is 42.5 Å². The Kier molecular flexibility index (Phi) is 4.23. The molecule has 0 unspecified atom stereocenters. The zero-order valence-corrected chi connectivity index (χ0v) is 12.5. The minimum Gasteiger partial charge on any atom is -0.346 e. The fraction of sp³-hybridized carbons (Fsp3) is 0.278. The minimum atomic E-state index is -0.0301. The van der Waals surface area contributed by atoms with Gasteiger partial charge in [-0.1, -0.05) is 41.5 Å². The first-order valence-electron chi connectivity index (χ1n) is 6.92. The fourth-order valence-electron chi connectivity index (χ4n) is 2.37. The maximum Gasteiger partial charge on any atom is 0.251 e. The van der Waals surface area contributed by atoms with Crippen LogP contribution < -0.4 is 5.32 Å². The van der Waals surface area contributed by atoms with Crippen molar-refractivity contribution in [2.24, 2.45) is 0 Å². The molecule has 104 valence electrons. The first kappa shape index (κ1) is 14.3. The highest BCUT2D eigenvalue weighted by atomic mass is 16.1. The number of benzene rings is 2. The predicted octanol–water partition coefficient (Wildman–Crippen LogP) is 4.10. The fourth-order valence-corrected chi connectivity index (χ4v) is 2.37. The highest BCUT2D eigenvalue weighted by molar-refractivity contribution is 5.94. The molecule has 0 aromatic heterocycles. The van der Waals surface area contributed by atoms with E-state index in [0.29, 0.717) is 5.56 Å². The molecule has 0 bridgehead atoms. The average molecular weight is 267 g/mol. The van der Waals surface area contributed by atoms with Crippen molar-refractivity contribution in [1.29, 1.82) is 0 Å². The van der Waals surface area contributed by atoms with Crippen LogP contribution in [0.4, 0.5) is 0 Å². The van der Waals surface area contributed by atoms with Crippen molar-refractivity contribution in [3.05, 3.63) is 70.3 Å². The summed E-state index contributed by atoms with van der Waals surface area (Å²) in [6.45, 7) is 8.19. The molecule has 1 N–H and O–H groups in total. The van der Waals surface area contributed by atoms with Crippen molar-refractivity contribution >= 4 is 5.91 Å². The predicted molar refractivity (Wildman–Crippen MR) is 83.0 cm³/mol. The third-order valence-electron chi connectivity index (χ3n) is 3.55. The Labute approximate surface area is 120 Å². The van der Waals surface area contributed by atoms with Crippen molar-refractivity contribution in [3.63, 3.8) is 0 Å². The number of carbonyl (C=O) groups excluding carboxylic acids is 1. The number of hydrogen-bond acceptors (Lipinski definition) is 1. The number of nitrogens with one attached hydrogen (secondary N) is 1. The zero-order valence-electron chi connectivity index (χ0n) is 12.5. The summed E-state index contributed by atoms with van der Waals surface area (Å²) >= 11 is 0. The highest BCUT2D eigenvalue weighted by Crippen LogP contribution is 2.19. The third-order valence-corrected chi connectivity index (χ3v) is 3.55. The van der Waals surface area contributed by atoms with E-state index in [9.17, 15) is 4.79 Å². The van der Waals surface area contributed by atoms with Gasteiger partial charge in [-0.25, -0.2) is 0 Å². The maximum absolute atomic E-state index is 12.2. The maximum atomic E-state index is 12.2. The summed E-state index contributed by atoms with van der Waals surface area (Å²) in [6.07, 6.45) is 0. The first-order chi connectivity index (χ1) is 9.47. The Hall–Kier alpha value is -2.09. The molecule has 0 aliphatic rings. The van der Waals surface area contributed by atoms with Gasteiger partial charge in [0.15, 0.2) is 0 Å². The monoisotopic (exact) mass is 267 g/mol. The summed E-state index contributed by atoms with van der Waals surface area (Å²) in [5, 5.41) is 3.05. The molecule has 2 nitrogen and oxygen atoms in total. The molecule has 0 aliphatic carbocycles. The molecule has 0 heterocycles. The molecule has 0 spiro atoms. The summed E-state index contributed by atoms with van der Waals surface area (Å²) in [5.74, 6) is -0.0301. The molecule has 0 radical (unpaired) electrons. The van der Waals surface area contributed by atoms with Crippen LogP contribution in [0.25, 0.3) is 0 Å². The Bertz CT molecular complexity index is 614. The first-order valence-corrected chi connectivity index (χ1v) is 6.92. The summed E-state index contributed by atoms with van der Waals surface area (Å²) in [4.78, 5) is 12.2. The topological polar surface area (TPSA) is 29.1 Å². The number of carbonyl (C=O) groups is 1. The molecule has 0 fully saturated rings. The molecule has 0 saturated heterocycles. The van der Waals surface area contributed by atoms with E-state index in [1.807, 2.05) is 38.1 Å². The van der Waals surface area contributed by atoms with Gasteiger partial charge in [0.1, 0.15) is 0 Å². The van der Waals surface area contributed by atoms with E-state index in [2.05, 4.69) is 37.4 Å². The summed E-state index contributed by atoms with van der Waals surface area (Å²) < 4.78 is 0. The van der Waals surface area contributed by atoms with E-state index in [-0.39, 0.29) is 11.9 Å². The largest absolute Gasteiger partial charge is 0.346 e. The lowest BCUT2D eigenvalue weighted by atomic mass is 10.00. The van der Waals surface area contributed by atoms with Gasteiger partial charge in [0.25, 0.3) is 5.91 Å². The summed E-state index contributed by atoms with van der Waals surface area (Å²) in [6, 6.07) is 13.9. The van der Waals surface area contributed by atoms with Gasteiger partial charge >= 0.3 is 0 Å². The molecule has 20 heavy (non-hydrogen) atoms. The van der Waals surface area contributed by atoms with Gasteiger partial charge in [0.2, 0.25) is 0 Å². The van der Waals surface area contributed by atoms with Crippen LogP contribution in [0.3, 0.4) is 0 Å². The lowest BCUT2D eigenvalue weighted by Gasteiger charge is -2.17. The second-order valence-electron chi connectivity index (χ2n) is 5.42. The Balaban J connectivity index is 2.12. The summed E-state index contributed by atoms with van der Waals surface area (Å²) in [5.41, 5.74) is 5.47. The van der Waals surface area contributed by atoms with Gasteiger partial charge in [-0.2, -0.15) is 0 Å². The van der Waals surface area contributed by atoms with E-state index in [1.165, 1.54) is 11.1 Å². The van der Waals surface area contributed by atoms with Gasteiger partial charge in [0, 0.05) is 5.56 Å². The van der Waals surface area contributed by atoms with Crippen LogP contribution in [0.1, 0.15) is 45.6 Å². The smallest absolute Gasteiger partial charge is 0.251 e. The second kappa shape index (κ2) is 5.91. The molecule has 1 amide bonds. The van der Waals surface area contributed by atoms with Crippen LogP contribution in [0, 0.1) is 20.8 Å². The standard InChI is InChI=1S/C18H21NO/c1-12-5-8-16(9-6-12)18(20)19-15(4)17-10-7-13(2)11-14(17)3/h5-11,15H,1-4H3,(H,19,20)/t15-/m1/s1. The SMILES string of the molecule is Cc1ccc(C(=O)N[C@H](C)c2ccc(C)cc2C)cc1. The van der Waals surface area contributed by atoms with Gasteiger partial charge in [0.05, 0.1) is 6.04 Å². The van der Waals surface area contributed by atoms with Crippen LogP contribution in [0.2, 0.25) is 0 Å². The second-order valence-corrected chi connectivity index (χ2v) is 5.42. The minimum absolute atomic E-state index is 0.00408. The zero-order chi connectivity index (χ0) is 14.7. The summed E-state index contributed by atoms with van der Waals surface area (Å²) in [7, 11) is 0. The Morgan fingerprint density at radius 3 is 2.15 bits per heavy atom. The molecule has 2 heteroatoms. The Morgan fingerprint density at radius 2 is 1.55 bits per heavy atom. The van der Waals surface area contributed by atoms with Crippen LogP contribution in [0.5, 0.6) is 0 Å². The number of hydrogen-bond donors (Lipinski definition) is 1. The third kappa shape index (κ3) is 3.27. The number of aryl methyl sites for hydroxylation is 3. The van der Waals surface area contributed by atoms with Crippen LogP contribution >= 0.6 is 0 Å². The molecule has 0 saturated carbocycles. The average Bonchev–Trinajstić information content (AvgIpc) is 2.39. The van der Waals surface area contributed by atoms with Crippen molar-refractivity contribution in [1.82, 2.24) is 5.32 Å². The Morgan fingerprint density at radius 1 is 0.950 bits per heavy atom. The molecule has 2 rings (SSSR count). The quantitative estimate of drug-likeness (QED) is 0.891.